The highest BCUT2D eigenvalue weighted by molar-refractivity contribution is 6.08. The number of anilines is 13. The van der Waals surface area contributed by atoms with Crippen LogP contribution in [0.3, 0.4) is 0 Å². The van der Waals surface area contributed by atoms with Crippen LogP contribution >= 0.6 is 0 Å². The van der Waals surface area contributed by atoms with Gasteiger partial charge in [0, 0.05) is 147 Å². The van der Waals surface area contributed by atoms with Crippen molar-refractivity contribution < 1.29 is 58.8 Å². The standard InChI is InChI=1S/C28H28N6O2.C27H23F2N5O2.C26H23N5O2.C23H19F4N5O/c1-32(2)22-9-4-6-19(15-22)24-11-12-25-27(31-24)34(23-10-5-13-33(25)17-23)28(35)30-21-8-3-7-20(14-21)26-16-29-18-36-26;1-27(28,29)19-6-2-4-17(12-19)22-8-9-23-25(32-22)34(21-10-11-33(23)15-21)26(35)31-20-7-3-5-18(13-20)24-14-30-16-36-24;1-17-4-2-5-18(12-17)22-8-9-23-25(29-22)31(21-10-11-30(23)15-21)26(32)28-20-7-3-6-19(13-20)24-14-27-16-33-24;24-16-10-17(12-28-11-16)29-22(33)32-18-5-2-8-31(13-18)20-7-6-19(30-21(20)32)14-3-1-4-15(9-14)23(25,26)27/h3-4,6-9,11-12,14-16,18,23H,5,10,13,17H2,1-2H3,(H,30,35);2-9,12-14,16,21H,10-11,15H2,1H3,(H,31,35);2-9,12-14,16,21H,10-11,15H2,1H3,(H,28,32);1,3-4,6-7,9-12,18H,2,5,8,13H2,(H,29,33)/t23-;2*21-;18-/m1111/s1. The molecule has 8 aliphatic heterocycles. The number of rotatable bonds is 13. The number of nitrogens with one attached hydrogen (secondary N) is 4. The van der Waals surface area contributed by atoms with Gasteiger partial charge in [0.1, 0.15) is 5.82 Å². The van der Waals surface area contributed by atoms with E-state index >= 15 is 0 Å². The Kier molecular flexibility index (Phi) is 24.5. The predicted octanol–water partition coefficient (Wildman–Crippen LogP) is 22.3. The highest BCUT2D eigenvalue weighted by Crippen LogP contribution is 2.47. The second kappa shape index (κ2) is 37.8. The highest BCUT2D eigenvalue weighted by Gasteiger charge is 2.45. The van der Waals surface area contributed by atoms with Gasteiger partial charge in [0.15, 0.2) is 59.7 Å². The summed E-state index contributed by atoms with van der Waals surface area (Å²) in [4.78, 5) is 107. The summed E-state index contributed by atoms with van der Waals surface area (Å²) in [7, 11) is 4.05. The number of aromatic nitrogens is 8. The predicted molar refractivity (Wildman–Crippen MR) is 520 cm³/mol. The fourth-order valence-electron chi connectivity index (χ4n) is 19.0. The van der Waals surface area contributed by atoms with E-state index < -0.39 is 29.5 Å². The number of halogens is 6. The van der Waals surface area contributed by atoms with Crippen molar-refractivity contribution in [2.24, 2.45) is 0 Å². The number of amides is 8. The summed E-state index contributed by atoms with van der Waals surface area (Å²) in [5.41, 5.74) is 15.3. The minimum atomic E-state index is -4.47. The average molecular weight is 1860 g/mol. The Morgan fingerprint density at radius 1 is 0.362 bits per heavy atom. The molecule has 8 aliphatic rings. The number of aryl methyl sites for hydroxylation is 1. The molecule has 7 aromatic carbocycles. The lowest BCUT2D eigenvalue weighted by molar-refractivity contribution is -0.137. The Bertz CT molecular complexity index is 7050. The normalized spacial score (nSPS) is 16.8. The van der Waals surface area contributed by atoms with Gasteiger partial charge in [0.2, 0.25) is 0 Å². The van der Waals surface area contributed by atoms with E-state index in [9.17, 15) is 45.5 Å². The first-order chi connectivity index (χ1) is 66.9. The van der Waals surface area contributed by atoms with Gasteiger partial charge < -0.3 is 59.0 Å². The molecule has 28 nitrogen and oxygen atoms in total. The number of alkyl halides is 5. The topological polar surface area (TPSA) is 288 Å². The second-order valence-corrected chi connectivity index (χ2v) is 35.2. The minimum Gasteiger partial charge on any atom is -0.444 e. The van der Waals surface area contributed by atoms with Gasteiger partial charge in [-0.3, -0.25) is 24.6 Å². The molecule has 23 rings (SSSR count). The van der Waals surface area contributed by atoms with Crippen LogP contribution in [0.1, 0.15) is 62.1 Å². The van der Waals surface area contributed by atoms with E-state index in [1.165, 1.54) is 54.0 Å². The number of benzene rings is 7. The lowest BCUT2D eigenvalue weighted by atomic mass is 9.99. The molecule has 138 heavy (non-hydrogen) atoms. The van der Waals surface area contributed by atoms with Crippen LogP contribution in [-0.4, -0.2) is 155 Å². The van der Waals surface area contributed by atoms with Gasteiger partial charge in [-0.15, -0.1) is 0 Å². The molecule has 4 N–H and O–H groups in total. The van der Waals surface area contributed by atoms with Gasteiger partial charge in [-0.2, -0.15) is 13.2 Å². The van der Waals surface area contributed by atoms with Crippen LogP contribution in [0.4, 0.5) is 120 Å². The molecule has 0 radical (unpaired) electrons. The largest absolute Gasteiger partial charge is 0.444 e. The van der Waals surface area contributed by atoms with Crippen LogP contribution in [0.5, 0.6) is 0 Å². The lowest BCUT2D eigenvalue weighted by Gasteiger charge is -2.45. The molecule has 698 valence electrons. The molecule has 8 bridgehead atoms. The molecular weight excluding hydrogens is 1770 g/mol. The van der Waals surface area contributed by atoms with Gasteiger partial charge in [-0.05, 0) is 167 Å². The third-order valence-corrected chi connectivity index (χ3v) is 25.7. The van der Waals surface area contributed by atoms with Gasteiger partial charge in [0.25, 0.3) is 5.92 Å². The summed E-state index contributed by atoms with van der Waals surface area (Å²) >= 11 is 0. The monoisotopic (exact) mass is 1860 g/mol. The molecule has 8 aromatic heterocycles. The first-order valence-corrected chi connectivity index (χ1v) is 45.4. The summed E-state index contributed by atoms with van der Waals surface area (Å²) in [6, 6.07) is 65.7. The van der Waals surface area contributed by atoms with Crippen LogP contribution < -0.4 is 65.4 Å². The Hall–Kier alpha value is -16.4. The molecule has 0 unspecified atom stereocenters. The maximum atomic E-state index is 13.9. The molecule has 34 heteroatoms. The van der Waals surface area contributed by atoms with Gasteiger partial charge in [0.05, 0.1) is 112 Å². The summed E-state index contributed by atoms with van der Waals surface area (Å²) in [6.45, 7) is 9.45. The summed E-state index contributed by atoms with van der Waals surface area (Å²) < 4.78 is 97.2. The maximum Gasteiger partial charge on any atom is 0.416 e. The van der Waals surface area contributed by atoms with Crippen molar-refractivity contribution in [2.75, 3.05) is 132 Å². The number of pyridine rings is 5. The van der Waals surface area contributed by atoms with E-state index in [-0.39, 0.29) is 53.5 Å². The first kappa shape index (κ1) is 89.4. The van der Waals surface area contributed by atoms with Crippen LogP contribution in [0.15, 0.2) is 288 Å². The van der Waals surface area contributed by atoms with E-state index in [0.717, 1.165) is 183 Å². The quantitative estimate of drug-likeness (QED) is 0.0780. The number of piperidine rings is 2. The smallest absolute Gasteiger partial charge is 0.416 e. The molecule has 15 aromatic rings. The van der Waals surface area contributed by atoms with Crippen molar-refractivity contribution in [3.63, 3.8) is 0 Å². The maximum absolute atomic E-state index is 13.9. The van der Waals surface area contributed by atoms with Crippen molar-refractivity contribution in [1.29, 1.82) is 0 Å². The van der Waals surface area contributed by atoms with Gasteiger partial charge in [-0.25, -0.2) is 67.2 Å². The van der Waals surface area contributed by atoms with Crippen LogP contribution in [0, 0.1) is 12.7 Å². The number of oxazole rings is 3. The Morgan fingerprint density at radius 2 is 0.710 bits per heavy atom. The number of urea groups is 4. The highest BCUT2D eigenvalue weighted by atomic mass is 19.4. The SMILES string of the molecule is CC(F)(F)c1cccc(-c2ccc3c(n2)N(C(=O)Nc2cccc(-c4cnco4)c2)[C@@H]2CCN3C2)c1.CN(C)c1cccc(-c2ccc3c(n2)N(C(=O)Nc2cccc(-c4cnco4)c2)[C@@H]2CCCN3C2)c1.Cc1cccc(-c2ccc3c(n2)N(C(=O)Nc2cccc(-c4cnco4)c2)[C@@H]2CCN3C2)c1.O=C(Nc1cncc(F)c1)N1c2nc(-c3cccc(C(F)(F)F)c3)ccc2N2CCC[C@@H]1C2. The zero-order valence-electron chi connectivity index (χ0n) is 75.4. The molecule has 4 atom stereocenters. The number of nitrogens with zero attached hydrogens (tertiary/aromatic N) is 17. The van der Waals surface area contributed by atoms with Crippen molar-refractivity contribution in [3.8, 4) is 79.0 Å². The van der Waals surface area contributed by atoms with Crippen molar-refractivity contribution in [1.82, 2.24) is 39.9 Å². The Morgan fingerprint density at radius 3 is 1.09 bits per heavy atom. The first-order valence-electron chi connectivity index (χ1n) is 45.4. The zero-order valence-corrected chi connectivity index (χ0v) is 75.4. The number of hydrogen-bond donors (Lipinski definition) is 4. The number of hydrogen-bond acceptors (Lipinski definition) is 20. The van der Waals surface area contributed by atoms with E-state index in [1.807, 2.05) is 127 Å². The number of fused-ring (bicyclic) bond motifs is 16. The van der Waals surface area contributed by atoms with Crippen molar-refractivity contribution in [3.05, 3.63) is 297 Å². The van der Waals surface area contributed by atoms with Crippen molar-refractivity contribution >= 4 is 98.6 Å². The number of carbonyl (C=O) groups excluding carboxylic acids is 4. The third kappa shape index (κ3) is 18.9. The summed E-state index contributed by atoms with van der Waals surface area (Å²) in [5.74, 6) is 0.693. The molecule has 0 spiro atoms. The Labute approximate surface area is 789 Å². The van der Waals surface area contributed by atoms with E-state index in [2.05, 4.69) is 132 Å². The molecule has 16 heterocycles. The third-order valence-electron chi connectivity index (χ3n) is 25.7. The fourth-order valence-corrected chi connectivity index (χ4v) is 19.0. The average Bonchev–Trinajstić information content (AvgIpc) is 1.32. The molecule has 4 saturated heterocycles. The lowest BCUT2D eigenvalue weighted by Crippen LogP contribution is -2.56. The van der Waals surface area contributed by atoms with Crippen LogP contribution in [-0.2, 0) is 12.1 Å². The Balaban J connectivity index is 0.000000114. The summed E-state index contributed by atoms with van der Waals surface area (Å²) in [6.07, 6.45) is 12.3. The second-order valence-electron chi connectivity index (χ2n) is 35.2. The molecule has 0 saturated carbocycles. The van der Waals surface area contributed by atoms with Crippen molar-refractivity contribution in [2.45, 2.75) is 88.6 Å². The number of carbonyl (C=O) groups is 4. The zero-order chi connectivity index (χ0) is 95.0. The minimum absolute atomic E-state index is 0.0379. The van der Waals surface area contributed by atoms with Gasteiger partial charge >= 0.3 is 30.3 Å². The molecule has 8 amide bonds. The van der Waals surface area contributed by atoms with Gasteiger partial charge in [-0.1, -0.05) is 103 Å². The fraction of sp³-hybridized carbons (Fsp3) is 0.231. The summed E-state index contributed by atoms with van der Waals surface area (Å²) in [5, 5.41) is 11.8. The van der Waals surface area contributed by atoms with Crippen LogP contribution in [0.2, 0.25) is 0 Å². The molecule has 4 fully saturated rings. The molecular formula is C104H93F6N21O7. The van der Waals surface area contributed by atoms with Crippen LogP contribution in [0.25, 0.3) is 79.0 Å². The molecule has 0 aliphatic carbocycles. The van der Waals surface area contributed by atoms with E-state index in [0.29, 0.717) is 86.7 Å². The van der Waals surface area contributed by atoms with E-state index in [1.54, 1.807) is 53.8 Å². The van der Waals surface area contributed by atoms with E-state index in [4.69, 9.17) is 28.2 Å².